The van der Waals surface area contributed by atoms with Crippen LogP contribution in [0.15, 0.2) is 24.3 Å². The first kappa shape index (κ1) is 11.8. The molecule has 5 heteroatoms. The molecule has 1 unspecified atom stereocenters. The van der Waals surface area contributed by atoms with Crippen LogP contribution in [-0.4, -0.2) is 30.8 Å². The number of ether oxygens (including phenoxy) is 1. The largest absolute Gasteiger partial charge is 0.467 e. The predicted octanol–water partition coefficient (Wildman–Crippen LogP) is 1.29. The zero-order valence-electron chi connectivity index (χ0n) is 8.24. The highest BCUT2D eigenvalue weighted by atomic mass is 35.5. The van der Waals surface area contributed by atoms with Crippen LogP contribution in [0.1, 0.15) is 0 Å². The molecule has 0 radical (unpaired) electrons. The molecule has 2 N–H and O–H groups in total. The van der Waals surface area contributed by atoms with E-state index >= 15 is 0 Å². The Morgan fingerprint density at radius 2 is 2.13 bits per heavy atom. The minimum absolute atomic E-state index is 0.324. The lowest BCUT2D eigenvalue weighted by atomic mass is 10.2. The summed E-state index contributed by atoms with van der Waals surface area (Å²) < 4.78 is 4.51. The van der Waals surface area contributed by atoms with Crippen molar-refractivity contribution >= 4 is 23.3 Å². The highest BCUT2D eigenvalue weighted by molar-refractivity contribution is 6.30. The minimum Gasteiger partial charge on any atom is -0.467 e. The van der Waals surface area contributed by atoms with Gasteiger partial charge in [0.1, 0.15) is 6.04 Å². The van der Waals surface area contributed by atoms with Crippen molar-refractivity contribution in [2.75, 3.05) is 19.0 Å². The average Bonchev–Trinajstić information content (AvgIpc) is 2.27. The minimum atomic E-state index is -0.754. The number of anilines is 1. The summed E-state index contributed by atoms with van der Waals surface area (Å²) in [5, 5.41) is 12.4. The molecule has 1 atom stereocenters. The van der Waals surface area contributed by atoms with E-state index in [0.717, 1.165) is 0 Å². The van der Waals surface area contributed by atoms with Gasteiger partial charge in [-0.15, -0.1) is 0 Å². The summed E-state index contributed by atoms with van der Waals surface area (Å²) >= 11 is 5.70. The van der Waals surface area contributed by atoms with Gasteiger partial charge in [-0.2, -0.15) is 0 Å². The van der Waals surface area contributed by atoms with Gasteiger partial charge in [0.15, 0.2) is 0 Å². The number of methoxy groups -OCH3 is 1. The van der Waals surface area contributed by atoms with Crippen LogP contribution in [0.3, 0.4) is 0 Å². The van der Waals surface area contributed by atoms with Crippen molar-refractivity contribution in [3.63, 3.8) is 0 Å². The lowest BCUT2D eigenvalue weighted by molar-refractivity contribution is -0.142. The third kappa shape index (κ3) is 3.42. The van der Waals surface area contributed by atoms with Crippen molar-refractivity contribution in [2.45, 2.75) is 6.04 Å². The van der Waals surface area contributed by atoms with E-state index in [-0.39, 0.29) is 6.61 Å². The number of halogens is 1. The number of esters is 1. The molecule has 0 aromatic heterocycles. The standard InChI is InChI=1S/C10H12ClNO3/c1-15-10(14)9(6-13)12-8-4-2-7(11)3-5-8/h2-5,9,12-13H,6H2,1H3. The molecule has 82 valence electrons. The van der Waals surface area contributed by atoms with Crippen molar-refractivity contribution < 1.29 is 14.6 Å². The van der Waals surface area contributed by atoms with Crippen molar-refractivity contribution in [1.29, 1.82) is 0 Å². The third-order valence-corrected chi connectivity index (χ3v) is 2.11. The molecule has 4 nitrogen and oxygen atoms in total. The second-order valence-corrected chi connectivity index (χ2v) is 3.35. The molecule has 0 saturated heterocycles. The summed E-state index contributed by atoms with van der Waals surface area (Å²) in [6.07, 6.45) is 0. The number of aliphatic hydroxyl groups excluding tert-OH is 1. The second-order valence-electron chi connectivity index (χ2n) is 2.91. The van der Waals surface area contributed by atoms with Crippen LogP contribution in [0.5, 0.6) is 0 Å². The molecular formula is C10H12ClNO3. The summed E-state index contributed by atoms with van der Waals surface area (Å²) in [7, 11) is 1.27. The molecule has 0 bridgehead atoms. The maximum Gasteiger partial charge on any atom is 0.330 e. The summed E-state index contributed by atoms with van der Waals surface area (Å²) in [4.78, 5) is 11.1. The Kier molecular flexibility index (Phi) is 4.39. The average molecular weight is 230 g/mol. The Labute approximate surface area is 92.8 Å². The van der Waals surface area contributed by atoms with E-state index in [9.17, 15) is 4.79 Å². The first-order chi connectivity index (χ1) is 7.17. The van der Waals surface area contributed by atoms with Crippen molar-refractivity contribution in [2.24, 2.45) is 0 Å². The van der Waals surface area contributed by atoms with E-state index in [1.54, 1.807) is 24.3 Å². The molecule has 1 aromatic rings. The Balaban J connectivity index is 2.66. The first-order valence-electron chi connectivity index (χ1n) is 4.38. The van der Waals surface area contributed by atoms with Gasteiger partial charge in [-0.25, -0.2) is 4.79 Å². The molecule has 0 spiro atoms. The second kappa shape index (κ2) is 5.58. The molecular weight excluding hydrogens is 218 g/mol. The summed E-state index contributed by atoms with van der Waals surface area (Å²) in [5.41, 5.74) is 0.698. The maximum atomic E-state index is 11.1. The number of aliphatic hydroxyl groups is 1. The van der Waals surface area contributed by atoms with Gasteiger partial charge in [-0.3, -0.25) is 0 Å². The number of benzene rings is 1. The number of hydrogen-bond donors (Lipinski definition) is 2. The number of carbonyl (C=O) groups is 1. The van der Waals surface area contributed by atoms with Crippen LogP contribution in [0.2, 0.25) is 5.02 Å². The fourth-order valence-corrected chi connectivity index (χ4v) is 1.19. The molecule has 0 amide bonds. The predicted molar refractivity (Wildman–Crippen MR) is 58.0 cm³/mol. The number of rotatable bonds is 4. The molecule has 15 heavy (non-hydrogen) atoms. The lowest BCUT2D eigenvalue weighted by Gasteiger charge is -2.14. The molecule has 0 aliphatic rings. The van der Waals surface area contributed by atoms with Gasteiger partial charge in [0.05, 0.1) is 13.7 Å². The summed E-state index contributed by atoms with van der Waals surface area (Å²) in [5.74, 6) is -0.507. The van der Waals surface area contributed by atoms with Crippen LogP contribution in [-0.2, 0) is 9.53 Å². The van der Waals surface area contributed by atoms with E-state index in [1.807, 2.05) is 0 Å². The summed E-state index contributed by atoms with van der Waals surface area (Å²) in [6.45, 7) is -0.324. The van der Waals surface area contributed by atoms with Gasteiger partial charge in [-0.1, -0.05) is 11.6 Å². The topological polar surface area (TPSA) is 58.6 Å². The van der Waals surface area contributed by atoms with E-state index in [0.29, 0.717) is 10.7 Å². The number of nitrogens with one attached hydrogen (secondary N) is 1. The normalized spacial score (nSPS) is 11.9. The van der Waals surface area contributed by atoms with Crippen molar-refractivity contribution in [3.8, 4) is 0 Å². The van der Waals surface area contributed by atoms with Crippen LogP contribution in [0.4, 0.5) is 5.69 Å². The lowest BCUT2D eigenvalue weighted by Crippen LogP contribution is -2.33. The summed E-state index contributed by atoms with van der Waals surface area (Å²) in [6, 6.07) is 6.06. The Hall–Kier alpha value is -1.26. The Morgan fingerprint density at radius 3 is 2.60 bits per heavy atom. The number of carbonyl (C=O) groups excluding carboxylic acids is 1. The highest BCUT2D eigenvalue weighted by Crippen LogP contribution is 2.14. The molecule has 1 aromatic carbocycles. The van der Waals surface area contributed by atoms with Gasteiger partial charge in [0, 0.05) is 10.7 Å². The van der Waals surface area contributed by atoms with Crippen LogP contribution in [0.25, 0.3) is 0 Å². The molecule has 0 saturated carbocycles. The fourth-order valence-electron chi connectivity index (χ4n) is 1.07. The van der Waals surface area contributed by atoms with Gasteiger partial charge in [-0.05, 0) is 24.3 Å². The van der Waals surface area contributed by atoms with E-state index < -0.39 is 12.0 Å². The van der Waals surface area contributed by atoms with Gasteiger partial charge >= 0.3 is 5.97 Å². The number of hydrogen-bond acceptors (Lipinski definition) is 4. The van der Waals surface area contributed by atoms with E-state index in [1.165, 1.54) is 7.11 Å². The third-order valence-electron chi connectivity index (χ3n) is 1.85. The van der Waals surface area contributed by atoms with E-state index in [2.05, 4.69) is 10.1 Å². The maximum absolute atomic E-state index is 11.1. The smallest absolute Gasteiger partial charge is 0.330 e. The van der Waals surface area contributed by atoms with E-state index in [4.69, 9.17) is 16.7 Å². The van der Waals surface area contributed by atoms with Gasteiger partial charge < -0.3 is 15.2 Å². The zero-order valence-corrected chi connectivity index (χ0v) is 8.99. The van der Waals surface area contributed by atoms with Crippen LogP contribution in [0, 0.1) is 0 Å². The molecule has 0 heterocycles. The van der Waals surface area contributed by atoms with Crippen LogP contribution >= 0.6 is 11.6 Å². The highest BCUT2D eigenvalue weighted by Gasteiger charge is 2.17. The molecule has 1 rings (SSSR count). The molecule has 0 aliphatic carbocycles. The van der Waals surface area contributed by atoms with Crippen LogP contribution < -0.4 is 5.32 Å². The monoisotopic (exact) mass is 229 g/mol. The van der Waals surface area contributed by atoms with Crippen molar-refractivity contribution in [3.05, 3.63) is 29.3 Å². The molecule has 0 fully saturated rings. The SMILES string of the molecule is COC(=O)C(CO)Nc1ccc(Cl)cc1. The zero-order chi connectivity index (χ0) is 11.3. The van der Waals surface area contributed by atoms with Gasteiger partial charge in [0.2, 0.25) is 0 Å². The Bertz CT molecular complexity index is 326. The fraction of sp³-hybridized carbons (Fsp3) is 0.300. The quantitative estimate of drug-likeness (QED) is 0.764. The van der Waals surface area contributed by atoms with Gasteiger partial charge in [0.25, 0.3) is 0 Å². The molecule has 0 aliphatic heterocycles. The Morgan fingerprint density at radius 1 is 1.53 bits per heavy atom. The first-order valence-corrected chi connectivity index (χ1v) is 4.76. The van der Waals surface area contributed by atoms with Crippen molar-refractivity contribution in [1.82, 2.24) is 0 Å².